The van der Waals surface area contributed by atoms with Crippen molar-refractivity contribution in [3.8, 4) is 0 Å². The zero-order valence-corrected chi connectivity index (χ0v) is 25.4. The van der Waals surface area contributed by atoms with Gasteiger partial charge in [-0.25, -0.2) is 8.42 Å². The lowest BCUT2D eigenvalue weighted by molar-refractivity contribution is -0.140. The molecule has 0 aromatic heterocycles. The van der Waals surface area contributed by atoms with E-state index >= 15 is 0 Å². The van der Waals surface area contributed by atoms with Gasteiger partial charge in [-0.2, -0.15) is 0 Å². The lowest BCUT2D eigenvalue weighted by Gasteiger charge is -2.34. The normalized spacial score (nSPS) is 14.4. The van der Waals surface area contributed by atoms with Gasteiger partial charge in [0.1, 0.15) is 12.6 Å². The molecule has 1 N–H and O–H groups in total. The molecule has 0 saturated heterocycles. The van der Waals surface area contributed by atoms with E-state index in [4.69, 9.17) is 11.6 Å². The quantitative estimate of drug-likeness (QED) is 0.294. The number of amides is 2. The Morgan fingerprint density at radius 3 is 2.32 bits per heavy atom. The van der Waals surface area contributed by atoms with Crippen LogP contribution in [0.3, 0.4) is 0 Å². The van der Waals surface area contributed by atoms with Crippen LogP contribution in [0, 0.1) is 13.8 Å². The third-order valence-electron chi connectivity index (χ3n) is 7.64. The largest absolute Gasteiger partial charge is 0.352 e. The minimum atomic E-state index is -4.15. The fourth-order valence-corrected chi connectivity index (χ4v) is 7.06. The van der Waals surface area contributed by atoms with Crippen LogP contribution in [0.25, 0.3) is 0 Å². The van der Waals surface area contributed by atoms with E-state index in [0.29, 0.717) is 22.7 Å². The van der Waals surface area contributed by atoms with Gasteiger partial charge in [-0.1, -0.05) is 85.5 Å². The first-order chi connectivity index (χ1) is 19.6. The van der Waals surface area contributed by atoms with E-state index in [2.05, 4.69) is 5.32 Å². The molecule has 9 heteroatoms. The van der Waals surface area contributed by atoms with Crippen molar-refractivity contribution in [3.05, 3.63) is 94.5 Å². The molecule has 7 nitrogen and oxygen atoms in total. The van der Waals surface area contributed by atoms with Gasteiger partial charge in [0.15, 0.2) is 0 Å². The number of aryl methyl sites for hydroxylation is 1. The summed E-state index contributed by atoms with van der Waals surface area (Å²) in [5.41, 5.74) is 2.74. The Hall–Kier alpha value is -3.36. The van der Waals surface area contributed by atoms with E-state index in [1.54, 1.807) is 43.3 Å². The zero-order chi connectivity index (χ0) is 29.6. The summed E-state index contributed by atoms with van der Waals surface area (Å²) in [4.78, 5) is 29.4. The number of anilines is 1. The minimum absolute atomic E-state index is 0.0587. The van der Waals surface area contributed by atoms with Crippen molar-refractivity contribution in [1.29, 1.82) is 0 Å². The molecule has 3 aromatic rings. The van der Waals surface area contributed by atoms with E-state index in [1.807, 2.05) is 38.1 Å². The van der Waals surface area contributed by atoms with Crippen LogP contribution >= 0.6 is 11.6 Å². The predicted molar refractivity (Wildman–Crippen MR) is 163 cm³/mol. The van der Waals surface area contributed by atoms with Gasteiger partial charge in [0.2, 0.25) is 11.8 Å². The van der Waals surface area contributed by atoms with E-state index in [9.17, 15) is 18.0 Å². The van der Waals surface area contributed by atoms with Gasteiger partial charge in [0.25, 0.3) is 10.0 Å². The predicted octanol–water partition coefficient (Wildman–Crippen LogP) is 6.02. The van der Waals surface area contributed by atoms with Crippen molar-refractivity contribution in [2.24, 2.45) is 0 Å². The molecule has 41 heavy (non-hydrogen) atoms. The molecule has 0 aliphatic heterocycles. The second-order valence-corrected chi connectivity index (χ2v) is 12.9. The molecule has 2 amide bonds. The number of carbonyl (C=O) groups is 2. The fourth-order valence-electron chi connectivity index (χ4n) is 5.39. The van der Waals surface area contributed by atoms with E-state index < -0.39 is 28.5 Å². The molecule has 1 fully saturated rings. The Bertz CT molecular complexity index is 1470. The highest BCUT2D eigenvalue weighted by atomic mass is 35.5. The number of benzene rings is 3. The van der Waals surface area contributed by atoms with Gasteiger partial charge in [-0.3, -0.25) is 13.9 Å². The first kappa shape index (κ1) is 30.6. The van der Waals surface area contributed by atoms with Gasteiger partial charge in [0.05, 0.1) is 10.6 Å². The Balaban J connectivity index is 1.74. The van der Waals surface area contributed by atoms with Crippen molar-refractivity contribution in [2.75, 3.05) is 10.8 Å². The molecule has 218 valence electrons. The van der Waals surface area contributed by atoms with Gasteiger partial charge in [-0.15, -0.1) is 0 Å². The third-order valence-corrected chi connectivity index (χ3v) is 9.82. The minimum Gasteiger partial charge on any atom is -0.352 e. The number of nitrogens with one attached hydrogen (secondary N) is 1. The van der Waals surface area contributed by atoms with Crippen molar-refractivity contribution in [2.45, 2.75) is 76.4 Å². The molecule has 1 atom stereocenters. The van der Waals surface area contributed by atoms with Crippen molar-refractivity contribution >= 4 is 39.1 Å². The highest BCUT2D eigenvalue weighted by Gasteiger charge is 2.35. The number of carbonyl (C=O) groups excluding carboxylic acids is 2. The SMILES string of the molecule is CC[C@@H](C(=O)NC1CCCC1)N(Cc1cccc(C)c1)C(=O)CN(c1cccc(Cl)c1C)S(=O)(=O)c1ccccc1. The highest BCUT2D eigenvalue weighted by molar-refractivity contribution is 7.92. The molecule has 1 saturated carbocycles. The van der Waals surface area contributed by atoms with E-state index in [-0.39, 0.29) is 23.4 Å². The molecule has 0 spiro atoms. The average molecular weight is 596 g/mol. The Kier molecular flexibility index (Phi) is 10.1. The Morgan fingerprint density at radius 2 is 1.66 bits per heavy atom. The number of sulfonamides is 1. The first-order valence-corrected chi connectivity index (χ1v) is 15.9. The summed E-state index contributed by atoms with van der Waals surface area (Å²) in [6.07, 6.45) is 4.37. The fraction of sp³-hybridized carbons (Fsp3) is 0.375. The number of nitrogens with zero attached hydrogens (tertiary/aromatic N) is 2. The summed E-state index contributed by atoms with van der Waals surface area (Å²) in [7, 11) is -4.15. The highest BCUT2D eigenvalue weighted by Crippen LogP contribution is 2.31. The number of hydrogen-bond acceptors (Lipinski definition) is 4. The lowest BCUT2D eigenvalue weighted by Crippen LogP contribution is -2.53. The zero-order valence-electron chi connectivity index (χ0n) is 23.8. The van der Waals surface area contributed by atoms with E-state index in [1.165, 1.54) is 17.0 Å². The summed E-state index contributed by atoms with van der Waals surface area (Å²) >= 11 is 6.40. The molecular formula is C32H38ClN3O4S. The number of halogens is 1. The Morgan fingerprint density at radius 1 is 0.976 bits per heavy atom. The maximum Gasteiger partial charge on any atom is 0.264 e. The van der Waals surface area contributed by atoms with Crippen LogP contribution in [0.2, 0.25) is 5.02 Å². The van der Waals surface area contributed by atoms with Crippen LogP contribution in [-0.4, -0.2) is 43.8 Å². The third kappa shape index (κ3) is 7.29. The smallest absolute Gasteiger partial charge is 0.264 e. The summed E-state index contributed by atoms with van der Waals surface area (Å²) in [6, 6.07) is 20.1. The molecule has 3 aromatic carbocycles. The van der Waals surface area contributed by atoms with Gasteiger partial charge >= 0.3 is 0 Å². The van der Waals surface area contributed by atoms with Crippen LogP contribution in [0.1, 0.15) is 55.7 Å². The van der Waals surface area contributed by atoms with Crippen LogP contribution in [-0.2, 0) is 26.2 Å². The second-order valence-electron chi connectivity index (χ2n) is 10.6. The summed E-state index contributed by atoms with van der Waals surface area (Å²) in [5, 5.41) is 3.53. The molecule has 1 aliphatic rings. The molecule has 0 heterocycles. The average Bonchev–Trinajstić information content (AvgIpc) is 3.46. The molecule has 0 bridgehead atoms. The van der Waals surface area contributed by atoms with Crippen molar-refractivity contribution in [3.63, 3.8) is 0 Å². The summed E-state index contributed by atoms with van der Waals surface area (Å²) in [5.74, 6) is -0.685. The van der Waals surface area contributed by atoms with E-state index in [0.717, 1.165) is 41.1 Å². The van der Waals surface area contributed by atoms with Crippen LogP contribution in [0.15, 0.2) is 77.7 Å². The first-order valence-electron chi connectivity index (χ1n) is 14.1. The summed E-state index contributed by atoms with van der Waals surface area (Å²) < 4.78 is 29.1. The van der Waals surface area contributed by atoms with Crippen molar-refractivity contribution in [1.82, 2.24) is 10.2 Å². The number of rotatable bonds is 11. The molecular weight excluding hydrogens is 558 g/mol. The van der Waals surface area contributed by atoms with Gasteiger partial charge in [-0.05, 0) is 68.5 Å². The lowest BCUT2D eigenvalue weighted by atomic mass is 10.1. The molecule has 1 aliphatic carbocycles. The molecule has 4 rings (SSSR count). The monoisotopic (exact) mass is 595 g/mol. The van der Waals surface area contributed by atoms with Crippen molar-refractivity contribution < 1.29 is 18.0 Å². The number of hydrogen-bond donors (Lipinski definition) is 1. The molecule has 0 radical (unpaired) electrons. The maximum absolute atomic E-state index is 14.2. The van der Waals surface area contributed by atoms with Crippen LogP contribution < -0.4 is 9.62 Å². The van der Waals surface area contributed by atoms with Crippen LogP contribution in [0.4, 0.5) is 5.69 Å². The standard InChI is InChI=1S/C32H38ClN3O4S/c1-4-29(32(38)34-26-14-8-9-15-26)35(21-25-13-10-12-23(2)20-25)31(37)22-36(30-19-11-18-28(33)24(30)3)41(39,40)27-16-6-5-7-17-27/h5-7,10-13,16-20,26,29H,4,8-9,14-15,21-22H2,1-3H3,(H,34,38)/t29-/m0/s1. The second kappa shape index (κ2) is 13.5. The van der Waals surface area contributed by atoms with Crippen LogP contribution in [0.5, 0.6) is 0 Å². The van der Waals surface area contributed by atoms with Gasteiger partial charge in [0, 0.05) is 17.6 Å². The van der Waals surface area contributed by atoms with Gasteiger partial charge < -0.3 is 10.2 Å². The topological polar surface area (TPSA) is 86.8 Å². The summed E-state index contributed by atoms with van der Waals surface area (Å²) in [6.45, 7) is 5.25. The Labute approximate surface area is 248 Å². The maximum atomic E-state index is 14.2. The molecule has 0 unspecified atom stereocenters.